The summed E-state index contributed by atoms with van der Waals surface area (Å²) in [6, 6.07) is 13.8. The number of rotatable bonds is 3. The molecule has 0 saturated carbocycles. The van der Waals surface area contributed by atoms with Crippen molar-refractivity contribution in [2.75, 3.05) is 0 Å². The predicted octanol–water partition coefficient (Wildman–Crippen LogP) is 4.32. The van der Waals surface area contributed by atoms with Crippen molar-refractivity contribution in [2.45, 2.75) is 6.92 Å². The molecule has 0 aliphatic rings. The van der Waals surface area contributed by atoms with Crippen LogP contribution in [0.25, 0.3) is 0 Å². The highest BCUT2D eigenvalue weighted by molar-refractivity contribution is 5.52. The van der Waals surface area contributed by atoms with E-state index in [9.17, 15) is 10.1 Å². The first-order chi connectivity index (χ1) is 8.66. The Hall–Kier alpha value is -2.56. The number of non-ortho nitro benzene ring substituents is 1. The van der Waals surface area contributed by atoms with Gasteiger partial charge < -0.3 is 0 Å². The van der Waals surface area contributed by atoms with Crippen LogP contribution in [0.4, 0.5) is 17.1 Å². The third-order valence-electron chi connectivity index (χ3n) is 2.43. The minimum atomic E-state index is -0.443. The highest BCUT2D eigenvalue weighted by atomic mass is 16.6. The Kier molecular flexibility index (Phi) is 3.43. The maximum atomic E-state index is 10.7. The molecule has 0 aromatic heterocycles. The van der Waals surface area contributed by atoms with Gasteiger partial charge in [0.1, 0.15) is 0 Å². The second kappa shape index (κ2) is 5.18. The van der Waals surface area contributed by atoms with Crippen LogP contribution in [0.5, 0.6) is 0 Å². The Morgan fingerprint density at radius 2 is 1.78 bits per heavy atom. The van der Waals surface area contributed by atoms with Crippen LogP contribution < -0.4 is 0 Å². The quantitative estimate of drug-likeness (QED) is 0.456. The van der Waals surface area contributed by atoms with Crippen LogP contribution in [0.2, 0.25) is 0 Å². The number of nitro groups is 1. The standard InChI is InChI=1S/C13H11N3O2/c1-10-7-8-12(16(17)18)9-13(10)15-14-11-5-3-2-4-6-11/h2-9H,1H3. The third kappa shape index (κ3) is 2.76. The van der Waals surface area contributed by atoms with Crippen LogP contribution in [0.3, 0.4) is 0 Å². The van der Waals surface area contributed by atoms with E-state index in [0.717, 1.165) is 5.56 Å². The van der Waals surface area contributed by atoms with Crippen molar-refractivity contribution in [1.29, 1.82) is 0 Å². The number of nitro benzene ring substituents is 1. The van der Waals surface area contributed by atoms with Crippen molar-refractivity contribution < 1.29 is 4.92 Å². The molecule has 0 aliphatic heterocycles. The maximum absolute atomic E-state index is 10.7. The molecule has 0 atom stereocenters. The van der Waals surface area contributed by atoms with E-state index < -0.39 is 4.92 Å². The smallest absolute Gasteiger partial charge is 0.258 e. The van der Waals surface area contributed by atoms with Gasteiger partial charge in [-0.15, -0.1) is 0 Å². The van der Waals surface area contributed by atoms with Crippen molar-refractivity contribution in [1.82, 2.24) is 0 Å². The molecule has 2 aromatic carbocycles. The Balaban J connectivity index is 2.31. The minimum absolute atomic E-state index is 0.0163. The summed E-state index contributed by atoms with van der Waals surface area (Å²) >= 11 is 0. The molecule has 5 nitrogen and oxygen atoms in total. The van der Waals surface area contributed by atoms with Gasteiger partial charge in [-0.3, -0.25) is 10.1 Å². The molecule has 90 valence electrons. The summed E-state index contributed by atoms with van der Waals surface area (Å²) in [5, 5.41) is 18.8. The van der Waals surface area contributed by atoms with Gasteiger partial charge in [-0.25, -0.2) is 0 Å². The lowest BCUT2D eigenvalue weighted by atomic mass is 10.2. The molecule has 0 spiro atoms. The monoisotopic (exact) mass is 241 g/mol. The largest absolute Gasteiger partial charge is 0.271 e. The van der Waals surface area contributed by atoms with Gasteiger partial charge in [0.2, 0.25) is 0 Å². The third-order valence-corrected chi connectivity index (χ3v) is 2.43. The Bertz CT molecular complexity index is 594. The normalized spacial score (nSPS) is 10.7. The molecular formula is C13H11N3O2. The summed E-state index contributed by atoms with van der Waals surface area (Å²) in [6.07, 6.45) is 0. The predicted molar refractivity (Wildman–Crippen MR) is 68.5 cm³/mol. The molecule has 0 fully saturated rings. The second-order valence-corrected chi connectivity index (χ2v) is 3.76. The van der Waals surface area contributed by atoms with Crippen molar-refractivity contribution in [3.05, 3.63) is 64.2 Å². The number of nitrogens with zero attached hydrogens (tertiary/aromatic N) is 3. The van der Waals surface area contributed by atoms with Gasteiger partial charge in [0.15, 0.2) is 0 Å². The van der Waals surface area contributed by atoms with Gasteiger partial charge >= 0.3 is 0 Å². The van der Waals surface area contributed by atoms with E-state index in [1.807, 2.05) is 37.3 Å². The SMILES string of the molecule is Cc1ccc([N+](=O)[O-])cc1N=Nc1ccccc1. The fraction of sp³-hybridized carbons (Fsp3) is 0.0769. The number of aryl methyl sites for hydroxylation is 1. The van der Waals surface area contributed by atoms with Gasteiger partial charge in [-0.1, -0.05) is 24.3 Å². The number of hydrogen-bond acceptors (Lipinski definition) is 4. The lowest BCUT2D eigenvalue weighted by Gasteiger charge is -1.98. The van der Waals surface area contributed by atoms with Crippen molar-refractivity contribution in [2.24, 2.45) is 10.2 Å². The van der Waals surface area contributed by atoms with E-state index in [1.54, 1.807) is 6.07 Å². The topological polar surface area (TPSA) is 67.9 Å². The van der Waals surface area contributed by atoms with Crippen molar-refractivity contribution >= 4 is 17.1 Å². The highest BCUT2D eigenvalue weighted by Gasteiger charge is 2.07. The van der Waals surface area contributed by atoms with Crippen molar-refractivity contribution in [3.63, 3.8) is 0 Å². The van der Waals surface area contributed by atoms with E-state index in [2.05, 4.69) is 10.2 Å². The van der Waals surface area contributed by atoms with Crippen LogP contribution in [-0.2, 0) is 0 Å². The van der Waals surface area contributed by atoms with Gasteiger partial charge in [0, 0.05) is 12.1 Å². The van der Waals surface area contributed by atoms with E-state index in [-0.39, 0.29) is 5.69 Å². The Morgan fingerprint density at radius 3 is 2.44 bits per heavy atom. The first-order valence-corrected chi connectivity index (χ1v) is 5.38. The zero-order chi connectivity index (χ0) is 13.0. The Labute approximate surface area is 104 Å². The van der Waals surface area contributed by atoms with Crippen molar-refractivity contribution in [3.8, 4) is 0 Å². The molecule has 0 amide bonds. The molecule has 18 heavy (non-hydrogen) atoms. The molecule has 5 heteroatoms. The second-order valence-electron chi connectivity index (χ2n) is 3.76. The van der Waals surface area contributed by atoms with E-state index >= 15 is 0 Å². The lowest BCUT2D eigenvalue weighted by Crippen LogP contribution is -1.87. The van der Waals surface area contributed by atoms with Crippen LogP contribution in [-0.4, -0.2) is 4.92 Å². The minimum Gasteiger partial charge on any atom is -0.258 e. The molecule has 0 unspecified atom stereocenters. The summed E-state index contributed by atoms with van der Waals surface area (Å²) < 4.78 is 0. The molecule has 2 rings (SSSR count). The lowest BCUT2D eigenvalue weighted by molar-refractivity contribution is -0.384. The summed E-state index contributed by atoms with van der Waals surface area (Å²) in [7, 11) is 0. The van der Waals surface area contributed by atoms with Crippen LogP contribution in [0.1, 0.15) is 5.56 Å². The van der Waals surface area contributed by atoms with E-state index in [0.29, 0.717) is 11.4 Å². The zero-order valence-corrected chi connectivity index (χ0v) is 9.78. The summed E-state index contributed by atoms with van der Waals surface area (Å²) in [6.45, 7) is 1.84. The zero-order valence-electron chi connectivity index (χ0n) is 9.78. The first kappa shape index (κ1) is 11.9. The maximum Gasteiger partial charge on any atom is 0.271 e. The molecule has 0 N–H and O–H groups in total. The molecule has 0 saturated heterocycles. The molecule has 0 radical (unpaired) electrons. The van der Waals surface area contributed by atoms with Gasteiger partial charge in [-0.2, -0.15) is 10.2 Å². The summed E-state index contributed by atoms with van der Waals surface area (Å²) in [5.74, 6) is 0. The van der Waals surface area contributed by atoms with Gasteiger partial charge in [0.05, 0.1) is 16.3 Å². The molecule has 0 heterocycles. The fourth-order valence-corrected chi connectivity index (χ4v) is 1.43. The molecular weight excluding hydrogens is 230 g/mol. The van der Waals surface area contributed by atoms with Crippen LogP contribution >= 0.6 is 0 Å². The molecule has 0 bridgehead atoms. The number of hydrogen-bond donors (Lipinski definition) is 0. The molecule has 2 aromatic rings. The number of benzene rings is 2. The fourth-order valence-electron chi connectivity index (χ4n) is 1.43. The highest BCUT2D eigenvalue weighted by Crippen LogP contribution is 2.26. The Morgan fingerprint density at radius 1 is 1.06 bits per heavy atom. The summed E-state index contributed by atoms with van der Waals surface area (Å²) in [4.78, 5) is 10.2. The first-order valence-electron chi connectivity index (χ1n) is 5.38. The summed E-state index contributed by atoms with van der Waals surface area (Å²) in [5.41, 5.74) is 2.08. The van der Waals surface area contributed by atoms with Crippen LogP contribution in [0, 0.1) is 17.0 Å². The van der Waals surface area contributed by atoms with Gasteiger partial charge in [0.25, 0.3) is 5.69 Å². The number of azo groups is 1. The molecule has 0 aliphatic carbocycles. The van der Waals surface area contributed by atoms with E-state index in [1.165, 1.54) is 12.1 Å². The average Bonchev–Trinajstić information content (AvgIpc) is 2.38. The van der Waals surface area contributed by atoms with Gasteiger partial charge in [-0.05, 0) is 24.6 Å². The van der Waals surface area contributed by atoms with Crippen LogP contribution in [0.15, 0.2) is 58.8 Å². The average molecular weight is 241 g/mol. The van der Waals surface area contributed by atoms with E-state index in [4.69, 9.17) is 0 Å².